The van der Waals surface area contributed by atoms with Crippen LogP contribution in [0.1, 0.15) is 0 Å². The summed E-state index contributed by atoms with van der Waals surface area (Å²) in [5.74, 6) is 0. The van der Waals surface area contributed by atoms with Crippen LogP contribution in [0.5, 0.6) is 0 Å². The molecule has 0 fully saturated rings. The van der Waals surface area contributed by atoms with Crippen molar-refractivity contribution in [2.24, 2.45) is 0 Å². The molecule has 0 radical (unpaired) electrons. The van der Waals surface area contributed by atoms with Crippen LogP contribution in [0.4, 0.5) is 0 Å². The maximum atomic E-state index is 3.86. The Bertz CT molecular complexity index is 267. The van der Waals surface area contributed by atoms with E-state index in [9.17, 15) is 0 Å². The van der Waals surface area contributed by atoms with Crippen LogP contribution in [0.15, 0.2) is 24.8 Å². The van der Waals surface area contributed by atoms with Crippen molar-refractivity contribution in [2.75, 3.05) is 0 Å². The first-order valence-electron chi connectivity index (χ1n) is 3.10. The summed E-state index contributed by atoms with van der Waals surface area (Å²) in [5, 5.41) is 13.3. The van der Waals surface area contributed by atoms with E-state index >= 15 is 0 Å². The van der Waals surface area contributed by atoms with Crippen LogP contribution in [-0.2, 0) is 0 Å². The van der Waals surface area contributed by atoms with Gasteiger partial charge < -0.3 is 0 Å². The van der Waals surface area contributed by atoms with E-state index in [1.807, 2.05) is 24.8 Å². The van der Waals surface area contributed by atoms with Crippen molar-refractivity contribution in [3.05, 3.63) is 24.8 Å². The van der Waals surface area contributed by atoms with Crippen molar-refractivity contribution < 1.29 is 0 Å². The van der Waals surface area contributed by atoms with Gasteiger partial charge in [0.2, 0.25) is 0 Å². The summed E-state index contributed by atoms with van der Waals surface area (Å²) in [4.78, 5) is 0. The van der Waals surface area contributed by atoms with E-state index in [4.69, 9.17) is 0 Å². The number of rotatable bonds is 2. The Kier molecular flexibility index (Phi) is 1.75. The molecule has 2 heterocycles. The minimum atomic E-state index is 0.333. The molecular weight excluding hydrogens is 207 g/mol. The Labute approximate surface area is 69.6 Å². The molecule has 11 heavy (non-hydrogen) atoms. The van der Waals surface area contributed by atoms with Crippen molar-refractivity contribution in [3.63, 3.8) is 0 Å². The second-order valence-corrected chi connectivity index (χ2v) is 4.38. The van der Waals surface area contributed by atoms with Crippen molar-refractivity contribution in [1.29, 1.82) is 0 Å². The molecule has 4 nitrogen and oxygen atoms in total. The first kappa shape index (κ1) is 6.64. The molecule has 2 aromatic heterocycles. The minimum absolute atomic E-state index is 0.333. The molecule has 0 unspecified atom stereocenters. The molecule has 0 spiro atoms. The van der Waals surface area contributed by atoms with Crippen LogP contribution in [-0.4, -0.2) is 35.4 Å². The number of nitrogens with zero attached hydrogens (tertiary/aromatic N) is 2. The molecule has 0 atom stereocenters. The van der Waals surface area contributed by atoms with E-state index in [-0.39, 0.29) is 0 Å². The van der Waals surface area contributed by atoms with Crippen molar-refractivity contribution in [3.8, 4) is 0 Å². The Hall–Kier alpha value is -1.06. The number of nitrogens with one attached hydrogen (secondary N) is 2. The van der Waals surface area contributed by atoms with E-state index in [2.05, 4.69) is 20.4 Å². The van der Waals surface area contributed by atoms with Gasteiger partial charge in [0.1, 0.15) is 0 Å². The van der Waals surface area contributed by atoms with Gasteiger partial charge in [-0.15, -0.1) is 0 Å². The summed E-state index contributed by atoms with van der Waals surface area (Å²) in [5.41, 5.74) is 0. The normalized spacial score (nSPS) is 10.2. The van der Waals surface area contributed by atoms with Gasteiger partial charge in [0, 0.05) is 0 Å². The van der Waals surface area contributed by atoms with Gasteiger partial charge in [0.05, 0.1) is 0 Å². The third-order valence-corrected chi connectivity index (χ3v) is 3.11. The van der Waals surface area contributed by atoms with Crippen LogP contribution in [0.2, 0.25) is 0 Å². The summed E-state index contributed by atoms with van der Waals surface area (Å²) in [6, 6.07) is 0. The van der Waals surface area contributed by atoms with Gasteiger partial charge in [0.15, 0.2) is 0 Å². The van der Waals surface area contributed by atoms with Gasteiger partial charge in [-0.05, 0) is 0 Å². The molecule has 0 saturated heterocycles. The Balaban J connectivity index is 2.14. The van der Waals surface area contributed by atoms with Crippen LogP contribution >= 0.6 is 0 Å². The first-order chi connectivity index (χ1) is 5.45. The van der Waals surface area contributed by atoms with E-state index in [1.165, 1.54) is 8.92 Å². The molecule has 2 rings (SSSR count). The van der Waals surface area contributed by atoms with Gasteiger partial charge in [-0.3, -0.25) is 0 Å². The summed E-state index contributed by atoms with van der Waals surface area (Å²) in [6.45, 7) is 0. The molecule has 2 aromatic rings. The molecule has 0 bridgehead atoms. The number of hydrogen-bond acceptors (Lipinski definition) is 2. The SMILES string of the molecule is c1n[nH]cc1[Se]c1cn[nH]c1. The van der Waals surface area contributed by atoms with E-state index in [0.29, 0.717) is 15.0 Å². The van der Waals surface area contributed by atoms with Crippen molar-refractivity contribution >= 4 is 23.9 Å². The molecule has 0 amide bonds. The summed E-state index contributed by atoms with van der Waals surface area (Å²) < 4.78 is 2.47. The van der Waals surface area contributed by atoms with Crippen molar-refractivity contribution in [1.82, 2.24) is 20.4 Å². The summed E-state index contributed by atoms with van der Waals surface area (Å²) in [7, 11) is 0. The standard InChI is InChI=1S/C6H6N4Se/c1-5(2-8-7-1)11-6-3-9-10-4-6/h1-4H,(H,7,8)(H,9,10). The van der Waals surface area contributed by atoms with Crippen molar-refractivity contribution in [2.45, 2.75) is 0 Å². The molecule has 56 valence electrons. The third kappa shape index (κ3) is 1.50. The van der Waals surface area contributed by atoms with Crippen LogP contribution in [0.25, 0.3) is 0 Å². The molecule has 0 saturated carbocycles. The van der Waals surface area contributed by atoms with Crippen LogP contribution in [0.3, 0.4) is 0 Å². The zero-order valence-corrected chi connectivity index (χ0v) is 7.33. The van der Waals surface area contributed by atoms with Gasteiger partial charge in [0.25, 0.3) is 0 Å². The molecule has 0 aliphatic rings. The number of aromatic nitrogens is 4. The van der Waals surface area contributed by atoms with Crippen LogP contribution < -0.4 is 8.92 Å². The van der Waals surface area contributed by atoms with E-state index in [0.717, 1.165) is 0 Å². The molecule has 0 aliphatic heterocycles. The quantitative estimate of drug-likeness (QED) is 0.615. The fourth-order valence-electron chi connectivity index (χ4n) is 0.726. The zero-order valence-electron chi connectivity index (χ0n) is 5.61. The topological polar surface area (TPSA) is 57.4 Å². The Morgan fingerprint density at radius 1 is 1.00 bits per heavy atom. The van der Waals surface area contributed by atoms with Crippen LogP contribution in [0, 0.1) is 0 Å². The predicted octanol–water partition coefficient (Wildman–Crippen LogP) is -1.21. The van der Waals surface area contributed by atoms with E-state index in [1.54, 1.807) is 0 Å². The molecule has 2 N–H and O–H groups in total. The van der Waals surface area contributed by atoms with Gasteiger partial charge in [-0.1, -0.05) is 0 Å². The number of H-pyrrole nitrogens is 2. The molecule has 0 aliphatic carbocycles. The van der Waals surface area contributed by atoms with Gasteiger partial charge in [-0.2, -0.15) is 0 Å². The average molecular weight is 213 g/mol. The molecule has 0 aromatic carbocycles. The maximum absolute atomic E-state index is 3.86. The number of aromatic amines is 2. The second-order valence-electron chi connectivity index (χ2n) is 1.97. The van der Waals surface area contributed by atoms with E-state index < -0.39 is 0 Å². The number of hydrogen-bond donors (Lipinski definition) is 2. The Morgan fingerprint density at radius 3 is 1.91 bits per heavy atom. The first-order valence-corrected chi connectivity index (χ1v) is 4.82. The fourth-order valence-corrected chi connectivity index (χ4v) is 2.21. The molecular formula is C6H6N4Se. The molecule has 5 heteroatoms. The summed E-state index contributed by atoms with van der Waals surface area (Å²) in [6.07, 6.45) is 7.50. The zero-order chi connectivity index (χ0) is 7.52. The fraction of sp³-hybridized carbons (Fsp3) is 0. The van der Waals surface area contributed by atoms with Gasteiger partial charge >= 0.3 is 69.1 Å². The third-order valence-electron chi connectivity index (χ3n) is 1.18. The summed E-state index contributed by atoms with van der Waals surface area (Å²) >= 11 is 0.333. The van der Waals surface area contributed by atoms with Gasteiger partial charge in [-0.25, -0.2) is 0 Å². The predicted molar refractivity (Wildman–Crippen MR) is 42.2 cm³/mol. The monoisotopic (exact) mass is 214 g/mol. The average Bonchev–Trinajstić information content (AvgIpc) is 2.60. The Morgan fingerprint density at radius 2 is 1.55 bits per heavy atom. The second kappa shape index (κ2) is 2.90.